The van der Waals surface area contributed by atoms with Gasteiger partial charge in [-0.2, -0.15) is 5.10 Å². The molecule has 1 aromatic heterocycles. The molecule has 0 spiro atoms. The third-order valence-electron chi connectivity index (χ3n) is 5.24. The quantitative estimate of drug-likeness (QED) is 0.341. The van der Waals surface area contributed by atoms with E-state index in [1.54, 1.807) is 11.4 Å². The van der Waals surface area contributed by atoms with Crippen molar-refractivity contribution in [2.75, 3.05) is 40.0 Å². The van der Waals surface area contributed by atoms with Gasteiger partial charge in [0.15, 0.2) is 5.96 Å². The number of piperidine rings is 1. The Kier molecular flexibility index (Phi) is 9.10. The predicted molar refractivity (Wildman–Crippen MR) is 131 cm³/mol. The van der Waals surface area contributed by atoms with Gasteiger partial charge in [0.05, 0.1) is 18.1 Å². The van der Waals surface area contributed by atoms with Gasteiger partial charge in [0, 0.05) is 52.0 Å². The highest BCUT2D eigenvalue weighted by atomic mass is 127. The average molecular weight is 546 g/mol. The van der Waals surface area contributed by atoms with Gasteiger partial charge in [-0.3, -0.25) is 4.99 Å². The summed E-state index contributed by atoms with van der Waals surface area (Å²) in [5.74, 6) is 1.27. The molecule has 0 aliphatic carbocycles. The molecule has 1 aliphatic rings. The van der Waals surface area contributed by atoms with Crippen molar-refractivity contribution in [2.24, 2.45) is 10.9 Å². The first-order valence-corrected chi connectivity index (χ1v) is 11.7. The van der Waals surface area contributed by atoms with Gasteiger partial charge in [0.1, 0.15) is 0 Å². The zero-order valence-electron chi connectivity index (χ0n) is 17.7. The van der Waals surface area contributed by atoms with Crippen LogP contribution in [0, 0.1) is 5.92 Å². The molecule has 10 heteroatoms. The summed E-state index contributed by atoms with van der Waals surface area (Å²) in [5, 5.41) is 7.88. The number of nitrogens with zero attached hydrogens (tertiary/aromatic N) is 5. The summed E-state index contributed by atoms with van der Waals surface area (Å²) in [5.41, 5.74) is 2.13. The van der Waals surface area contributed by atoms with Gasteiger partial charge in [0.2, 0.25) is 10.0 Å². The first-order chi connectivity index (χ1) is 13.9. The molecule has 0 amide bonds. The zero-order chi connectivity index (χ0) is 20.9. The topological polar surface area (TPSA) is 82.8 Å². The Hall–Kier alpha value is -1.66. The lowest BCUT2D eigenvalue weighted by molar-refractivity contribution is 0.273. The molecule has 0 atom stereocenters. The van der Waals surface area contributed by atoms with Gasteiger partial charge in [0.25, 0.3) is 0 Å². The van der Waals surface area contributed by atoms with E-state index in [-0.39, 0.29) is 24.0 Å². The van der Waals surface area contributed by atoms with Crippen LogP contribution in [0.4, 0.5) is 0 Å². The Morgan fingerprint density at radius 1 is 1.27 bits per heavy atom. The van der Waals surface area contributed by atoms with Crippen molar-refractivity contribution in [1.29, 1.82) is 0 Å². The minimum atomic E-state index is -3.08. The largest absolute Gasteiger partial charge is 0.356 e. The van der Waals surface area contributed by atoms with Gasteiger partial charge in [-0.05, 0) is 30.9 Å². The predicted octanol–water partition coefficient (Wildman–Crippen LogP) is 2.17. The van der Waals surface area contributed by atoms with Crippen LogP contribution in [0.5, 0.6) is 0 Å². The molecule has 0 saturated carbocycles. The van der Waals surface area contributed by atoms with Gasteiger partial charge in [-0.25, -0.2) is 17.4 Å². The molecular formula is C20H31IN6O2S. The number of benzene rings is 1. The van der Waals surface area contributed by atoms with Gasteiger partial charge >= 0.3 is 0 Å². The highest BCUT2D eigenvalue weighted by molar-refractivity contribution is 14.0. The molecule has 0 radical (unpaired) electrons. The van der Waals surface area contributed by atoms with Crippen LogP contribution in [0.3, 0.4) is 0 Å². The molecule has 0 bridgehead atoms. The van der Waals surface area contributed by atoms with Crippen LogP contribution in [-0.4, -0.2) is 73.3 Å². The van der Waals surface area contributed by atoms with Gasteiger partial charge in [-0.1, -0.05) is 18.2 Å². The molecule has 1 aromatic carbocycles. The molecule has 0 unspecified atom stereocenters. The Labute approximate surface area is 196 Å². The Balaban J connectivity index is 0.00000320. The number of halogens is 1. The fourth-order valence-corrected chi connectivity index (χ4v) is 4.45. The minimum absolute atomic E-state index is 0. The lowest BCUT2D eigenvalue weighted by atomic mass is 9.98. The van der Waals surface area contributed by atoms with E-state index in [1.807, 2.05) is 54.5 Å². The summed E-state index contributed by atoms with van der Waals surface area (Å²) in [7, 11) is 0.699. The zero-order valence-corrected chi connectivity index (χ0v) is 20.9. The van der Waals surface area contributed by atoms with Crippen LogP contribution in [-0.2, 0) is 16.6 Å². The minimum Gasteiger partial charge on any atom is -0.356 e. The van der Waals surface area contributed by atoms with Crippen molar-refractivity contribution in [3.63, 3.8) is 0 Å². The fraction of sp³-hybridized carbons (Fsp3) is 0.500. The Bertz CT molecular complexity index is 924. The third kappa shape index (κ3) is 6.67. The second-order valence-corrected chi connectivity index (χ2v) is 9.50. The highest BCUT2D eigenvalue weighted by Crippen LogP contribution is 2.18. The highest BCUT2D eigenvalue weighted by Gasteiger charge is 2.25. The molecule has 30 heavy (non-hydrogen) atoms. The van der Waals surface area contributed by atoms with Crippen LogP contribution >= 0.6 is 24.0 Å². The van der Waals surface area contributed by atoms with Crippen molar-refractivity contribution in [3.05, 3.63) is 48.3 Å². The van der Waals surface area contributed by atoms with Crippen molar-refractivity contribution in [1.82, 2.24) is 24.3 Å². The lowest BCUT2D eigenvalue weighted by Gasteiger charge is -2.31. The van der Waals surface area contributed by atoms with Crippen molar-refractivity contribution < 1.29 is 8.42 Å². The van der Waals surface area contributed by atoms with E-state index in [0.29, 0.717) is 25.6 Å². The molecule has 8 nitrogen and oxygen atoms in total. The first-order valence-electron chi connectivity index (χ1n) is 9.82. The number of rotatable bonds is 6. The number of sulfonamides is 1. The lowest BCUT2D eigenvalue weighted by Crippen LogP contribution is -2.44. The maximum atomic E-state index is 11.6. The normalized spacial score (nSPS) is 16.2. The standard InChI is InChI=1S/C20H30N6O2S.HI/c1-21-20(22-13-17-9-11-25(12-10-17)29(3,27)28)24(2)15-18-14-23-26(16-18)19-7-5-4-6-8-19;/h4-8,14,16-17H,9-13,15H2,1-3H3,(H,21,22);1H. The molecule has 1 N–H and O–H groups in total. The molecule has 2 heterocycles. The molecular weight excluding hydrogens is 515 g/mol. The van der Waals surface area contributed by atoms with Crippen LogP contribution in [0.1, 0.15) is 18.4 Å². The number of aliphatic imine (C=N–C) groups is 1. The molecule has 1 saturated heterocycles. The first kappa shape index (κ1) is 24.6. The second kappa shape index (κ2) is 11.1. The van der Waals surface area contributed by atoms with Crippen molar-refractivity contribution in [3.8, 4) is 5.69 Å². The SMILES string of the molecule is CN=C(NCC1CCN(S(C)(=O)=O)CC1)N(C)Cc1cnn(-c2ccccc2)c1.I. The summed E-state index contributed by atoms with van der Waals surface area (Å²) < 4.78 is 26.7. The van der Waals surface area contributed by atoms with E-state index in [2.05, 4.69) is 20.3 Å². The summed E-state index contributed by atoms with van der Waals surface area (Å²) >= 11 is 0. The average Bonchev–Trinajstić information content (AvgIpc) is 3.17. The van der Waals surface area contributed by atoms with Crippen molar-refractivity contribution in [2.45, 2.75) is 19.4 Å². The number of para-hydroxylation sites is 1. The summed E-state index contributed by atoms with van der Waals surface area (Å²) in [6.45, 7) is 2.67. The van der Waals surface area contributed by atoms with Crippen LogP contribution < -0.4 is 5.32 Å². The third-order valence-corrected chi connectivity index (χ3v) is 6.54. The summed E-state index contributed by atoms with van der Waals surface area (Å²) in [6.07, 6.45) is 6.91. The van der Waals surface area contributed by atoms with E-state index in [1.165, 1.54) is 6.26 Å². The number of guanidine groups is 1. The van der Waals surface area contributed by atoms with Gasteiger partial charge in [-0.15, -0.1) is 24.0 Å². The Morgan fingerprint density at radius 2 is 1.93 bits per heavy atom. The molecule has 2 aromatic rings. The van der Waals surface area contributed by atoms with E-state index in [0.717, 1.165) is 36.6 Å². The van der Waals surface area contributed by atoms with Crippen LogP contribution in [0.25, 0.3) is 5.69 Å². The van der Waals surface area contributed by atoms with Crippen LogP contribution in [0.15, 0.2) is 47.7 Å². The maximum Gasteiger partial charge on any atom is 0.211 e. The van der Waals surface area contributed by atoms with E-state index in [4.69, 9.17) is 0 Å². The fourth-order valence-electron chi connectivity index (χ4n) is 3.58. The Morgan fingerprint density at radius 3 is 2.53 bits per heavy atom. The van der Waals surface area contributed by atoms with E-state index < -0.39 is 10.0 Å². The van der Waals surface area contributed by atoms with E-state index in [9.17, 15) is 8.42 Å². The van der Waals surface area contributed by atoms with E-state index >= 15 is 0 Å². The monoisotopic (exact) mass is 546 g/mol. The summed E-state index contributed by atoms with van der Waals surface area (Å²) in [4.78, 5) is 6.45. The second-order valence-electron chi connectivity index (χ2n) is 7.52. The summed E-state index contributed by atoms with van der Waals surface area (Å²) in [6, 6.07) is 10.0. The number of hydrogen-bond acceptors (Lipinski definition) is 4. The maximum absolute atomic E-state index is 11.6. The number of nitrogens with one attached hydrogen (secondary N) is 1. The van der Waals surface area contributed by atoms with Gasteiger partial charge < -0.3 is 10.2 Å². The number of aromatic nitrogens is 2. The van der Waals surface area contributed by atoms with Crippen LogP contribution in [0.2, 0.25) is 0 Å². The van der Waals surface area contributed by atoms with Crippen molar-refractivity contribution >= 4 is 40.0 Å². The molecule has 1 fully saturated rings. The molecule has 166 valence electrons. The smallest absolute Gasteiger partial charge is 0.211 e. The number of hydrogen-bond donors (Lipinski definition) is 1. The molecule has 3 rings (SSSR count). The molecule has 1 aliphatic heterocycles.